The number of aryl methyl sites for hydroxylation is 1. The Kier molecular flexibility index (Phi) is 1.93. The highest BCUT2D eigenvalue weighted by atomic mass is 19.1. The number of nitrogens with two attached hydrogens (primary N) is 1. The molecule has 1 nitrogen and oxygen atoms in total. The molecule has 14 heavy (non-hydrogen) atoms. The summed E-state index contributed by atoms with van der Waals surface area (Å²) in [6.45, 7) is 6.13. The number of halogens is 1. The molecule has 1 saturated carbocycles. The summed E-state index contributed by atoms with van der Waals surface area (Å²) in [5.74, 6) is 0.0692. The van der Waals surface area contributed by atoms with Crippen molar-refractivity contribution in [2.75, 3.05) is 0 Å². The van der Waals surface area contributed by atoms with Crippen LogP contribution in [0.5, 0.6) is 0 Å². The summed E-state index contributed by atoms with van der Waals surface area (Å²) >= 11 is 0. The lowest BCUT2D eigenvalue weighted by atomic mass is 9.98. The van der Waals surface area contributed by atoms with E-state index in [4.69, 9.17) is 5.73 Å². The van der Waals surface area contributed by atoms with Crippen LogP contribution in [0.1, 0.15) is 30.9 Å². The molecule has 2 N–H and O–H groups in total. The number of benzene rings is 1. The number of hydrogen-bond donors (Lipinski definition) is 1. The Bertz CT molecular complexity index is 350. The fourth-order valence-electron chi connectivity index (χ4n) is 2.27. The lowest BCUT2D eigenvalue weighted by molar-refractivity contribution is 0.569. The first kappa shape index (κ1) is 9.66. The topological polar surface area (TPSA) is 26.0 Å². The molecule has 0 aromatic heterocycles. The monoisotopic (exact) mass is 193 g/mol. The second kappa shape index (κ2) is 2.80. The van der Waals surface area contributed by atoms with Crippen molar-refractivity contribution in [3.05, 3.63) is 35.1 Å². The molecule has 1 aromatic rings. The van der Waals surface area contributed by atoms with Gasteiger partial charge in [-0.3, -0.25) is 0 Å². The van der Waals surface area contributed by atoms with Crippen molar-refractivity contribution in [1.29, 1.82) is 0 Å². The van der Waals surface area contributed by atoms with Gasteiger partial charge in [0.1, 0.15) is 5.82 Å². The van der Waals surface area contributed by atoms with Gasteiger partial charge in [0.15, 0.2) is 0 Å². The minimum atomic E-state index is -0.115. The maximum absolute atomic E-state index is 13.6. The number of hydrogen-bond acceptors (Lipinski definition) is 1. The van der Waals surface area contributed by atoms with Crippen LogP contribution >= 0.6 is 0 Å². The minimum absolute atomic E-state index is 0.0486. The largest absolute Gasteiger partial charge is 0.327 e. The van der Waals surface area contributed by atoms with Crippen molar-refractivity contribution in [2.24, 2.45) is 11.1 Å². The standard InChI is InChI=1S/C12H16FN/c1-7-5-4-6-8(13)9(7)10-11(14)12(10,2)3/h4-6,10-11H,14H2,1-3H3/t10-,11-/m1/s1. The van der Waals surface area contributed by atoms with Gasteiger partial charge >= 0.3 is 0 Å². The fourth-order valence-corrected chi connectivity index (χ4v) is 2.27. The number of rotatable bonds is 1. The van der Waals surface area contributed by atoms with Crippen LogP contribution in [-0.4, -0.2) is 6.04 Å². The third-order valence-corrected chi connectivity index (χ3v) is 3.49. The summed E-state index contributed by atoms with van der Waals surface area (Å²) in [5.41, 5.74) is 7.82. The van der Waals surface area contributed by atoms with Gasteiger partial charge in [0.2, 0.25) is 0 Å². The zero-order chi connectivity index (χ0) is 10.5. The minimum Gasteiger partial charge on any atom is -0.327 e. The van der Waals surface area contributed by atoms with Gasteiger partial charge in [0, 0.05) is 12.0 Å². The third kappa shape index (κ3) is 1.17. The molecule has 0 aliphatic heterocycles. The van der Waals surface area contributed by atoms with E-state index in [0.717, 1.165) is 11.1 Å². The summed E-state index contributed by atoms with van der Waals surface area (Å²) in [5, 5.41) is 0. The molecule has 2 rings (SSSR count). The lowest BCUT2D eigenvalue weighted by Crippen LogP contribution is -2.06. The first-order chi connectivity index (χ1) is 6.46. The zero-order valence-electron chi connectivity index (χ0n) is 8.84. The van der Waals surface area contributed by atoms with E-state index in [-0.39, 0.29) is 23.2 Å². The summed E-state index contributed by atoms with van der Waals surface area (Å²) < 4.78 is 13.6. The Morgan fingerprint density at radius 1 is 1.36 bits per heavy atom. The van der Waals surface area contributed by atoms with Crippen LogP contribution in [0.4, 0.5) is 4.39 Å². The molecule has 76 valence electrons. The van der Waals surface area contributed by atoms with Crippen molar-refractivity contribution in [3.8, 4) is 0 Å². The van der Waals surface area contributed by atoms with E-state index in [1.807, 2.05) is 13.0 Å². The Labute approximate surface area is 84.1 Å². The quantitative estimate of drug-likeness (QED) is 0.729. The summed E-state index contributed by atoms with van der Waals surface area (Å²) in [7, 11) is 0. The van der Waals surface area contributed by atoms with Crippen molar-refractivity contribution in [1.82, 2.24) is 0 Å². The maximum atomic E-state index is 13.6. The van der Waals surface area contributed by atoms with Crippen LogP contribution in [-0.2, 0) is 0 Å². The molecular formula is C12H16FN. The molecule has 0 heterocycles. The van der Waals surface area contributed by atoms with Crippen LogP contribution in [0, 0.1) is 18.2 Å². The highest BCUT2D eigenvalue weighted by molar-refractivity contribution is 5.40. The smallest absolute Gasteiger partial charge is 0.127 e. The zero-order valence-corrected chi connectivity index (χ0v) is 8.84. The molecule has 1 aliphatic carbocycles. The van der Waals surface area contributed by atoms with Crippen molar-refractivity contribution < 1.29 is 4.39 Å². The van der Waals surface area contributed by atoms with E-state index in [1.165, 1.54) is 6.07 Å². The first-order valence-electron chi connectivity index (χ1n) is 4.97. The second-order valence-corrected chi connectivity index (χ2v) is 4.80. The SMILES string of the molecule is Cc1cccc(F)c1[C@@H]1[C@@H](N)C1(C)C. The van der Waals surface area contributed by atoms with Crippen LogP contribution in [0.3, 0.4) is 0 Å². The van der Waals surface area contributed by atoms with Gasteiger partial charge in [0.05, 0.1) is 0 Å². The van der Waals surface area contributed by atoms with E-state index in [0.29, 0.717) is 0 Å². The van der Waals surface area contributed by atoms with E-state index >= 15 is 0 Å². The molecule has 1 fully saturated rings. The third-order valence-electron chi connectivity index (χ3n) is 3.49. The lowest BCUT2D eigenvalue weighted by Gasteiger charge is -2.07. The molecule has 0 saturated heterocycles. The highest BCUT2D eigenvalue weighted by Crippen LogP contribution is 2.58. The van der Waals surface area contributed by atoms with E-state index in [9.17, 15) is 4.39 Å². The Morgan fingerprint density at radius 2 is 1.93 bits per heavy atom. The highest BCUT2D eigenvalue weighted by Gasteiger charge is 2.57. The van der Waals surface area contributed by atoms with Gasteiger partial charge in [0.25, 0.3) is 0 Å². The van der Waals surface area contributed by atoms with Crippen molar-refractivity contribution in [2.45, 2.75) is 32.7 Å². The van der Waals surface area contributed by atoms with Gasteiger partial charge in [-0.1, -0.05) is 26.0 Å². The molecule has 0 radical (unpaired) electrons. The van der Waals surface area contributed by atoms with Crippen LogP contribution in [0.15, 0.2) is 18.2 Å². The molecule has 1 aliphatic rings. The molecular weight excluding hydrogens is 177 g/mol. The van der Waals surface area contributed by atoms with Gasteiger partial charge in [-0.2, -0.15) is 0 Å². The average Bonchev–Trinajstić information content (AvgIpc) is 2.54. The van der Waals surface area contributed by atoms with Gasteiger partial charge in [-0.25, -0.2) is 4.39 Å². The van der Waals surface area contributed by atoms with E-state index in [2.05, 4.69) is 13.8 Å². The molecule has 0 amide bonds. The Morgan fingerprint density at radius 3 is 2.36 bits per heavy atom. The molecule has 0 bridgehead atoms. The molecule has 0 unspecified atom stereocenters. The van der Waals surface area contributed by atoms with Gasteiger partial charge in [-0.15, -0.1) is 0 Å². The first-order valence-corrected chi connectivity index (χ1v) is 4.97. The van der Waals surface area contributed by atoms with Gasteiger partial charge in [-0.05, 0) is 29.5 Å². The van der Waals surface area contributed by atoms with E-state index in [1.54, 1.807) is 6.07 Å². The summed E-state index contributed by atoms with van der Waals surface area (Å²) in [6.07, 6.45) is 0. The van der Waals surface area contributed by atoms with E-state index < -0.39 is 0 Å². The molecule has 0 spiro atoms. The maximum Gasteiger partial charge on any atom is 0.127 e. The average molecular weight is 193 g/mol. The van der Waals surface area contributed by atoms with Gasteiger partial charge < -0.3 is 5.73 Å². The van der Waals surface area contributed by atoms with Crippen LogP contribution < -0.4 is 5.73 Å². The fraction of sp³-hybridized carbons (Fsp3) is 0.500. The summed E-state index contributed by atoms with van der Waals surface area (Å²) in [6, 6.07) is 5.30. The molecule has 1 aromatic carbocycles. The Hall–Kier alpha value is -0.890. The molecule has 2 atom stereocenters. The van der Waals surface area contributed by atoms with Crippen molar-refractivity contribution >= 4 is 0 Å². The Balaban J connectivity index is 2.44. The predicted octanol–water partition coefficient (Wildman–Crippen LogP) is 2.58. The molecule has 2 heteroatoms. The van der Waals surface area contributed by atoms with Crippen LogP contribution in [0.25, 0.3) is 0 Å². The van der Waals surface area contributed by atoms with Crippen molar-refractivity contribution in [3.63, 3.8) is 0 Å². The predicted molar refractivity (Wildman–Crippen MR) is 55.6 cm³/mol. The normalized spacial score (nSPS) is 28.9. The van der Waals surface area contributed by atoms with Crippen LogP contribution in [0.2, 0.25) is 0 Å². The second-order valence-electron chi connectivity index (χ2n) is 4.80. The summed E-state index contributed by atoms with van der Waals surface area (Å²) in [4.78, 5) is 0.